The van der Waals surface area contributed by atoms with Crippen LogP contribution in [0.15, 0.2) is 36.7 Å². The van der Waals surface area contributed by atoms with Gasteiger partial charge in [-0.15, -0.1) is 0 Å². The predicted molar refractivity (Wildman–Crippen MR) is 70.1 cm³/mol. The van der Waals surface area contributed by atoms with Crippen molar-refractivity contribution in [2.45, 2.75) is 6.54 Å². The van der Waals surface area contributed by atoms with Gasteiger partial charge in [0.1, 0.15) is 11.6 Å². The molecule has 0 aliphatic heterocycles. The third-order valence-electron chi connectivity index (χ3n) is 2.63. The van der Waals surface area contributed by atoms with Crippen LogP contribution in [0.3, 0.4) is 0 Å². The summed E-state index contributed by atoms with van der Waals surface area (Å²) in [7, 11) is 3.73. The van der Waals surface area contributed by atoms with Gasteiger partial charge in [-0.3, -0.25) is 4.98 Å². The van der Waals surface area contributed by atoms with Crippen molar-refractivity contribution in [3.8, 4) is 0 Å². The normalized spacial score (nSPS) is 10.2. The highest BCUT2D eigenvalue weighted by molar-refractivity contribution is 5.45. The Bertz CT molecular complexity index is 495. The van der Waals surface area contributed by atoms with Crippen molar-refractivity contribution in [2.75, 3.05) is 24.3 Å². The second kappa shape index (κ2) is 5.44. The molecule has 18 heavy (non-hydrogen) atoms. The van der Waals surface area contributed by atoms with Crippen molar-refractivity contribution in [2.24, 2.45) is 0 Å². The number of rotatable bonds is 4. The van der Waals surface area contributed by atoms with E-state index in [0.29, 0.717) is 6.54 Å². The zero-order valence-electron chi connectivity index (χ0n) is 10.4. The van der Waals surface area contributed by atoms with E-state index in [4.69, 9.17) is 0 Å². The summed E-state index contributed by atoms with van der Waals surface area (Å²) in [5.74, 6) is 0.508. The fourth-order valence-electron chi connectivity index (χ4n) is 1.60. The van der Waals surface area contributed by atoms with Gasteiger partial charge in [0.05, 0.1) is 24.6 Å². The maximum atomic E-state index is 12.8. The lowest BCUT2D eigenvalue weighted by Gasteiger charge is -2.18. The van der Waals surface area contributed by atoms with Gasteiger partial charge in [-0.25, -0.2) is 9.37 Å². The highest BCUT2D eigenvalue weighted by atomic mass is 19.1. The van der Waals surface area contributed by atoms with E-state index < -0.39 is 0 Å². The number of benzene rings is 1. The van der Waals surface area contributed by atoms with Gasteiger partial charge in [0.15, 0.2) is 0 Å². The lowest BCUT2D eigenvalue weighted by molar-refractivity contribution is 0.627. The van der Waals surface area contributed by atoms with Gasteiger partial charge in [0.25, 0.3) is 0 Å². The van der Waals surface area contributed by atoms with Crippen LogP contribution in [0.5, 0.6) is 0 Å². The lowest BCUT2D eigenvalue weighted by Crippen LogP contribution is -2.17. The Morgan fingerprint density at radius 3 is 2.44 bits per heavy atom. The zero-order valence-corrected chi connectivity index (χ0v) is 10.4. The molecule has 0 unspecified atom stereocenters. The summed E-state index contributed by atoms with van der Waals surface area (Å²) >= 11 is 0. The summed E-state index contributed by atoms with van der Waals surface area (Å²) in [6, 6.07) is 6.37. The molecule has 1 aromatic heterocycles. The molecular formula is C13H15FN4. The minimum Gasteiger partial charge on any atom is -0.372 e. The highest BCUT2D eigenvalue weighted by Crippen LogP contribution is 2.15. The Hall–Kier alpha value is -2.17. The predicted octanol–water partition coefficient (Wildman–Crippen LogP) is 2.29. The van der Waals surface area contributed by atoms with Crippen LogP contribution in [0.1, 0.15) is 5.69 Å². The maximum absolute atomic E-state index is 12.8. The van der Waals surface area contributed by atoms with Gasteiger partial charge in [0, 0.05) is 19.8 Å². The molecule has 1 heterocycles. The summed E-state index contributed by atoms with van der Waals surface area (Å²) in [4.78, 5) is 10.5. The van der Waals surface area contributed by atoms with Crippen LogP contribution in [-0.2, 0) is 6.54 Å². The van der Waals surface area contributed by atoms with Crippen molar-refractivity contribution in [3.63, 3.8) is 0 Å². The number of nitrogens with one attached hydrogen (secondary N) is 1. The summed E-state index contributed by atoms with van der Waals surface area (Å²) in [5, 5.41) is 2.92. The second-order valence-corrected chi connectivity index (χ2v) is 3.98. The highest BCUT2D eigenvalue weighted by Gasteiger charge is 2.04. The number of nitrogens with zero attached hydrogens (tertiary/aromatic N) is 3. The third kappa shape index (κ3) is 2.94. The van der Waals surface area contributed by atoms with Gasteiger partial charge < -0.3 is 10.2 Å². The molecule has 0 bridgehead atoms. The van der Waals surface area contributed by atoms with Crippen LogP contribution in [0.4, 0.5) is 15.9 Å². The topological polar surface area (TPSA) is 41.1 Å². The molecule has 1 aromatic carbocycles. The van der Waals surface area contributed by atoms with Gasteiger partial charge in [-0.1, -0.05) is 0 Å². The molecule has 0 atom stereocenters. The zero-order chi connectivity index (χ0) is 13.0. The van der Waals surface area contributed by atoms with Crippen LogP contribution < -0.4 is 10.2 Å². The average Bonchev–Trinajstić information content (AvgIpc) is 2.40. The monoisotopic (exact) mass is 246 g/mol. The molecule has 2 rings (SSSR count). The molecule has 4 nitrogen and oxygen atoms in total. The van der Waals surface area contributed by atoms with Crippen LogP contribution >= 0.6 is 0 Å². The molecule has 0 saturated heterocycles. The minimum atomic E-state index is -0.231. The molecule has 0 spiro atoms. The molecule has 0 amide bonds. The van der Waals surface area contributed by atoms with Crippen LogP contribution in [0, 0.1) is 5.82 Å². The average molecular weight is 246 g/mol. The molecular weight excluding hydrogens is 231 g/mol. The first-order chi connectivity index (χ1) is 8.69. The van der Waals surface area contributed by atoms with Crippen molar-refractivity contribution < 1.29 is 4.39 Å². The Kier molecular flexibility index (Phi) is 3.72. The molecule has 0 aliphatic rings. The molecule has 0 aliphatic carbocycles. The first-order valence-corrected chi connectivity index (χ1v) is 5.64. The molecule has 0 saturated carbocycles. The van der Waals surface area contributed by atoms with Crippen molar-refractivity contribution in [3.05, 3.63) is 48.2 Å². The van der Waals surface area contributed by atoms with E-state index in [-0.39, 0.29) is 5.82 Å². The van der Waals surface area contributed by atoms with Crippen molar-refractivity contribution >= 4 is 11.5 Å². The number of anilines is 2. The first kappa shape index (κ1) is 12.3. The Balaban J connectivity index is 2.05. The quantitative estimate of drug-likeness (QED) is 0.898. The van der Waals surface area contributed by atoms with E-state index in [1.165, 1.54) is 12.1 Å². The molecule has 2 aromatic rings. The van der Waals surface area contributed by atoms with E-state index in [1.807, 2.05) is 11.9 Å². The number of hydrogen-bond acceptors (Lipinski definition) is 4. The third-order valence-corrected chi connectivity index (χ3v) is 2.63. The fourth-order valence-corrected chi connectivity index (χ4v) is 1.60. The molecule has 0 fully saturated rings. The van der Waals surface area contributed by atoms with Gasteiger partial charge in [-0.2, -0.15) is 0 Å². The molecule has 1 N–H and O–H groups in total. The summed E-state index contributed by atoms with van der Waals surface area (Å²) in [5.41, 5.74) is 1.80. The largest absolute Gasteiger partial charge is 0.372 e. The van der Waals surface area contributed by atoms with Crippen LogP contribution in [0.25, 0.3) is 0 Å². The van der Waals surface area contributed by atoms with Gasteiger partial charge in [-0.05, 0) is 24.3 Å². The summed E-state index contributed by atoms with van der Waals surface area (Å²) in [6.45, 7) is 0.628. The summed E-state index contributed by atoms with van der Waals surface area (Å²) in [6.07, 6.45) is 3.42. The van der Waals surface area contributed by atoms with Gasteiger partial charge in [0.2, 0.25) is 0 Å². The van der Waals surface area contributed by atoms with E-state index in [1.54, 1.807) is 31.6 Å². The Labute approximate surface area is 105 Å². The fraction of sp³-hybridized carbons (Fsp3) is 0.231. The molecule has 5 heteroatoms. The van der Waals surface area contributed by atoms with Crippen LogP contribution in [-0.4, -0.2) is 24.1 Å². The van der Waals surface area contributed by atoms with E-state index in [9.17, 15) is 4.39 Å². The summed E-state index contributed by atoms with van der Waals surface area (Å²) < 4.78 is 12.8. The SMILES string of the molecule is CNc1cnc(CN(C)c2ccc(F)cc2)cn1. The molecule has 0 radical (unpaired) electrons. The first-order valence-electron chi connectivity index (χ1n) is 5.64. The van der Waals surface area contributed by atoms with Crippen molar-refractivity contribution in [1.29, 1.82) is 0 Å². The van der Waals surface area contributed by atoms with Crippen LogP contribution in [0.2, 0.25) is 0 Å². The number of hydrogen-bond donors (Lipinski definition) is 1. The van der Waals surface area contributed by atoms with Gasteiger partial charge >= 0.3 is 0 Å². The van der Waals surface area contributed by atoms with E-state index in [2.05, 4.69) is 15.3 Å². The van der Waals surface area contributed by atoms with Crippen molar-refractivity contribution in [1.82, 2.24) is 9.97 Å². The number of aromatic nitrogens is 2. The smallest absolute Gasteiger partial charge is 0.144 e. The standard InChI is InChI=1S/C13H15FN4/c1-15-13-8-16-11(7-17-13)9-18(2)12-5-3-10(14)4-6-12/h3-8H,9H2,1-2H3,(H,15,17). The molecule has 94 valence electrons. The Morgan fingerprint density at radius 1 is 1.17 bits per heavy atom. The minimum absolute atomic E-state index is 0.231. The maximum Gasteiger partial charge on any atom is 0.144 e. The van der Waals surface area contributed by atoms with E-state index >= 15 is 0 Å². The van der Waals surface area contributed by atoms with E-state index in [0.717, 1.165) is 17.2 Å². The number of halogens is 1. The lowest BCUT2D eigenvalue weighted by atomic mass is 10.3. The Morgan fingerprint density at radius 2 is 1.89 bits per heavy atom. The second-order valence-electron chi connectivity index (χ2n) is 3.98.